The first-order valence-corrected chi connectivity index (χ1v) is 10.8. The van der Waals surface area contributed by atoms with Crippen LogP contribution in [-0.2, 0) is 9.59 Å². The average molecular weight is 447 g/mol. The number of nitrogens with one attached hydrogen (secondary N) is 4. The highest BCUT2D eigenvalue weighted by molar-refractivity contribution is 7.74. The first kappa shape index (κ1) is 18.9. The van der Waals surface area contributed by atoms with Crippen LogP contribution in [0.15, 0.2) is 36.4 Å². The van der Waals surface area contributed by atoms with Gasteiger partial charge in [-0.3, -0.25) is 9.59 Å². The number of carbonyl (C=O) groups is 2. The fourth-order valence-electron chi connectivity index (χ4n) is 2.72. The molecule has 28 heavy (non-hydrogen) atoms. The van der Waals surface area contributed by atoms with E-state index in [1.807, 2.05) is 24.3 Å². The normalized spacial score (nSPS) is 11.0. The van der Waals surface area contributed by atoms with Gasteiger partial charge in [-0.1, -0.05) is 0 Å². The molecule has 0 aliphatic rings. The molecule has 4 N–H and O–H groups in total. The summed E-state index contributed by atoms with van der Waals surface area (Å²) in [6.45, 7) is 0. The van der Waals surface area contributed by atoms with Crippen molar-refractivity contribution in [2.45, 2.75) is 12.8 Å². The van der Waals surface area contributed by atoms with Crippen LogP contribution >= 0.6 is 47.1 Å². The monoisotopic (exact) mass is 446 g/mol. The number of benzene rings is 2. The minimum Gasteiger partial charge on any atom is -0.337 e. The summed E-state index contributed by atoms with van der Waals surface area (Å²) in [6, 6.07) is 11.1. The van der Waals surface area contributed by atoms with Crippen molar-refractivity contribution in [3.05, 3.63) is 44.3 Å². The lowest BCUT2D eigenvalue weighted by atomic mass is 10.2. The zero-order valence-corrected chi connectivity index (χ0v) is 17.6. The molecule has 0 aliphatic carbocycles. The van der Waals surface area contributed by atoms with Gasteiger partial charge in [-0.15, -0.1) is 22.7 Å². The number of hydrogen-bond donors (Lipinski definition) is 4. The molecule has 142 valence electrons. The Labute approximate surface area is 177 Å². The van der Waals surface area contributed by atoms with Crippen molar-refractivity contribution in [3.8, 4) is 0 Å². The summed E-state index contributed by atoms with van der Waals surface area (Å²) in [4.78, 5) is 30.5. The molecule has 0 atom stereocenters. The molecular formula is C18H14N4O2S4. The van der Waals surface area contributed by atoms with Gasteiger partial charge in [0.25, 0.3) is 0 Å². The molecular weight excluding hydrogens is 432 g/mol. The number of hydrogen-bond acceptors (Lipinski definition) is 6. The van der Waals surface area contributed by atoms with E-state index >= 15 is 0 Å². The van der Waals surface area contributed by atoms with Crippen molar-refractivity contribution in [2.75, 3.05) is 10.6 Å². The molecule has 0 saturated heterocycles. The van der Waals surface area contributed by atoms with Crippen molar-refractivity contribution in [1.82, 2.24) is 9.97 Å². The van der Waals surface area contributed by atoms with Gasteiger partial charge in [-0.2, -0.15) is 0 Å². The molecule has 0 fully saturated rings. The molecule has 0 bridgehead atoms. The standard InChI is InChI=1S/C18H14N4O2S4/c23-15(19-9-1-3-11-13(7-9)27-17(25)21-11)5-6-16(24)20-10-2-4-12-14(8-10)28-18(26)22-12/h1-4,7-8H,5-6H2,(H,19,23)(H,20,24)(H,21,25)(H,22,26). The van der Waals surface area contributed by atoms with Crippen LogP contribution in [0.5, 0.6) is 0 Å². The maximum atomic E-state index is 12.2. The quantitative estimate of drug-likeness (QED) is 0.301. The summed E-state index contributed by atoms with van der Waals surface area (Å²) < 4.78 is 3.34. The highest BCUT2D eigenvalue weighted by Crippen LogP contribution is 2.24. The summed E-state index contributed by atoms with van der Waals surface area (Å²) in [5.74, 6) is -0.430. The van der Waals surface area contributed by atoms with E-state index in [0.717, 1.165) is 20.4 Å². The first-order chi connectivity index (χ1) is 13.5. The van der Waals surface area contributed by atoms with Crippen LogP contribution < -0.4 is 10.6 Å². The molecule has 10 heteroatoms. The summed E-state index contributed by atoms with van der Waals surface area (Å²) in [5, 5.41) is 5.63. The van der Waals surface area contributed by atoms with E-state index in [1.54, 1.807) is 12.1 Å². The fraction of sp³-hybridized carbons (Fsp3) is 0.111. The van der Waals surface area contributed by atoms with Gasteiger partial charge in [0, 0.05) is 24.2 Å². The van der Waals surface area contributed by atoms with Gasteiger partial charge in [-0.05, 0) is 60.8 Å². The second-order valence-electron chi connectivity index (χ2n) is 6.05. The van der Waals surface area contributed by atoms with Gasteiger partial charge < -0.3 is 20.6 Å². The number of amides is 2. The van der Waals surface area contributed by atoms with Gasteiger partial charge in [0.1, 0.15) is 0 Å². The van der Waals surface area contributed by atoms with Crippen molar-refractivity contribution in [3.63, 3.8) is 0 Å². The van der Waals surface area contributed by atoms with Crippen LogP contribution in [-0.4, -0.2) is 21.8 Å². The van der Waals surface area contributed by atoms with Crippen LogP contribution in [0.25, 0.3) is 20.4 Å². The van der Waals surface area contributed by atoms with E-state index in [4.69, 9.17) is 24.4 Å². The Hall–Kier alpha value is -2.40. The van der Waals surface area contributed by atoms with Crippen molar-refractivity contribution >= 4 is 90.7 Å². The first-order valence-electron chi connectivity index (χ1n) is 8.32. The summed E-state index contributed by atoms with van der Waals surface area (Å²) in [7, 11) is 0. The van der Waals surface area contributed by atoms with Crippen LogP contribution in [0.4, 0.5) is 11.4 Å². The zero-order valence-electron chi connectivity index (χ0n) is 14.3. The Bertz CT molecular complexity index is 1210. The molecule has 0 spiro atoms. The van der Waals surface area contributed by atoms with Crippen LogP contribution in [0.3, 0.4) is 0 Å². The minimum absolute atomic E-state index is 0.0953. The smallest absolute Gasteiger partial charge is 0.224 e. The third-order valence-electron chi connectivity index (χ3n) is 3.99. The fourth-order valence-corrected chi connectivity index (χ4v) is 5.03. The lowest BCUT2D eigenvalue weighted by Gasteiger charge is -2.07. The Morgan fingerprint density at radius 1 is 0.786 bits per heavy atom. The Kier molecular flexibility index (Phi) is 5.36. The van der Waals surface area contributed by atoms with Crippen LogP contribution in [0.1, 0.15) is 12.8 Å². The molecule has 2 amide bonds. The largest absolute Gasteiger partial charge is 0.337 e. The number of thiazole rings is 2. The van der Waals surface area contributed by atoms with Gasteiger partial charge in [0.2, 0.25) is 11.8 Å². The molecule has 4 aromatic rings. The molecule has 0 aliphatic heterocycles. The molecule has 6 nitrogen and oxygen atoms in total. The van der Waals surface area contributed by atoms with E-state index in [2.05, 4.69) is 20.6 Å². The van der Waals surface area contributed by atoms with Crippen LogP contribution in [0, 0.1) is 7.91 Å². The third-order valence-corrected chi connectivity index (χ3v) is 6.38. The minimum atomic E-state index is -0.215. The van der Waals surface area contributed by atoms with E-state index in [0.29, 0.717) is 19.3 Å². The van der Waals surface area contributed by atoms with E-state index < -0.39 is 0 Å². The van der Waals surface area contributed by atoms with Gasteiger partial charge >= 0.3 is 0 Å². The molecule has 4 rings (SSSR count). The van der Waals surface area contributed by atoms with Crippen molar-refractivity contribution < 1.29 is 9.59 Å². The lowest BCUT2D eigenvalue weighted by molar-refractivity contribution is -0.121. The summed E-state index contributed by atoms with van der Waals surface area (Å²) in [6.07, 6.45) is 0.191. The Morgan fingerprint density at radius 2 is 1.21 bits per heavy atom. The third kappa shape index (κ3) is 4.36. The van der Waals surface area contributed by atoms with Gasteiger partial charge in [0.15, 0.2) is 7.91 Å². The number of carbonyl (C=O) groups excluding carboxylic acids is 2. The van der Waals surface area contributed by atoms with Crippen LogP contribution in [0.2, 0.25) is 0 Å². The van der Waals surface area contributed by atoms with E-state index in [1.165, 1.54) is 22.7 Å². The topological polar surface area (TPSA) is 89.8 Å². The zero-order chi connectivity index (χ0) is 19.7. The summed E-state index contributed by atoms with van der Waals surface area (Å²) in [5.41, 5.74) is 3.25. The SMILES string of the molecule is O=C(CCC(=O)Nc1ccc2[nH]c(=S)sc2c1)Nc1ccc2[nH]c(=S)sc2c1. The predicted octanol–water partition coefficient (Wildman–Crippen LogP) is 5.59. The number of aromatic nitrogens is 2. The Morgan fingerprint density at radius 3 is 1.64 bits per heavy atom. The molecule has 0 unspecified atom stereocenters. The highest BCUT2D eigenvalue weighted by atomic mass is 32.2. The lowest BCUT2D eigenvalue weighted by Crippen LogP contribution is -2.17. The number of fused-ring (bicyclic) bond motifs is 2. The predicted molar refractivity (Wildman–Crippen MR) is 121 cm³/mol. The van der Waals surface area contributed by atoms with Crippen molar-refractivity contribution in [1.29, 1.82) is 0 Å². The number of H-pyrrole nitrogens is 2. The average Bonchev–Trinajstić information content (AvgIpc) is 3.19. The second kappa shape index (κ2) is 7.92. The maximum absolute atomic E-state index is 12.2. The maximum Gasteiger partial charge on any atom is 0.224 e. The number of aromatic amines is 2. The van der Waals surface area contributed by atoms with Gasteiger partial charge in [0.05, 0.1) is 20.4 Å². The van der Waals surface area contributed by atoms with E-state index in [9.17, 15) is 9.59 Å². The number of anilines is 2. The second-order valence-corrected chi connectivity index (χ2v) is 9.49. The summed E-state index contributed by atoms with van der Waals surface area (Å²) >= 11 is 13.1. The molecule has 2 aromatic heterocycles. The number of rotatable bonds is 5. The molecule has 0 saturated carbocycles. The van der Waals surface area contributed by atoms with Gasteiger partial charge in [-0.25, -0.2) is 0 Å². The van der Waals surface area contributed by atoms with Crippen molar-refractivity contribution in [2.24, 2.45) is 0 Å². The molecule has 2 heterocycles. The molecule has 0 radical (unpaired) electrons. The molecule has 2 aromatic carbocycles. The van der Waals surface area contributed by atoms with E-state index in [-0.39, 0.29) is 24.7 Å². The Balaban J connectivity index is 1.33. The highest BCUT2D eigenvalue weighted by Gasteiger charge is 2.09.